The molecule has 0 aromatic heterocycles. The highest BCUT2D eigenvalue weighted by atomic mass is 16.2. The lowest BCUT2D eigenvalue weighted by atomic mass is 9.81. The van der Waals surface area contributed by atoms with E-state index in [1.807, 2.05) is 0 Å². The molecule has 0 heterocycles. The minimum absolute atomic E-state index is 0.0379. The van der Waals surface area contributed by atoms with Gasteiger partial charge in [-0.15, -0.1) is 0 Å². The van der Waals surface area contributed by atoms with Crippen LogP contribution in [0, 0.1) is 5.41 Å². The van der Waals surface area contributed by atoms with Crippen molar-refractivity contribution in [1.82, 2.24) is 4.90 Å². The Morgan fingerprint density at radius 2 is 1.88 bits per heavy atom. The number of carbonyl (C=O) groups is 1. The van der Waals surface area contributed by atoms with Gasteiger partial charge in [0.05, 0.1) is 0 Å². The van der Waals surface area contributed by atoms with Crippen molar-refractivity contribution >= 4 is 5.91 Å². The van der Waals surface area contributed by atoms with Crippen molar-refractivity contribution in [3.05, 3.63) is 0 Å². The Labute approximate surface area is 106 Å². The molecule has 0 unspecified atom stereocenters. The Kier molecular flexibility index (Phi) is 5.96. The van der Waals surface area contributed by atoms with E-state index in [9.17, 15) is 4.79 Å². The molecule has 0 aromatic rings. The first kappa shape index (κ1) is 14.5. The highest BCUT2D eigenvalue weighted by molar-refractivity contribution is 5.83. The van der Waals surface area contributed by atoms with E-state index in [0.717, 1.165) is 45.2 Å². The van der Waals surface area contributed by atoms with Crippen LogP contribution in [0.25, 0.3) is 0 Å². The molecular formula is C14H28N2O. The summed E-state index contributed by atoms with van der Waals surface area (Å²) in [4.78, 5) is 14.7. The lowest BCUT2D eigenvalue weighted by Crippen LogP contribution is -2.43. The minimum atomic E-state index is -0.0379. The normalized spacial score (nSPS) is 18.3. The predicted octanol–water partition coefficient (Wildman–Crippen LogP) is 2.54. The molecule has 1 fully saturated rings. The first-order valence-corrected chi connectivity index (χ1v) is 7.19. The van der Waals surface area contributed by atoms with Crippen molar-refractivity contribution in [2.75, 3.05) is 19.6 Å². The van der Waals surface area contributed by atoms with Gasteiger partial charge in [0, 0.05) is 18.5 Å². The van der Waals surface area contributed by atoms with Crippen molar-refractivity contribution in [3.63, 3.8) is 0 Å². The quantitative estimate of drug-likeness (QED) is 0.743. The van der Waals surface area contributed by atoms with E-state index in [0.29, 0.717) is 12.5 Å². The SMILES string of the molecule is CCCN(CCCN)C(=O)C1(CC)CCCC1. The van der Waals surface area contributed by atoms with Crippen LogP contribution in [0.5, 0.6) is 0 Å². The molecule has 1 saturated carbocycles. The van der Waals surface area contributed by atoms with Crippen LogP contribution in [0.3, 0.4) is 0 Å². The molecule has 1 aliphatic carbocycles. The Balaban J connectivity index is 2.67. The summed E-state index contributed by atoms with van der Waals surface area (Å²) < 4.78 is 0. The van der Waals surface area contributed by atoms with Gasteiger partial charge in [-0.05, 0) is 38.6 Å². The number of hydrogen-bond donors (Lipinski definition) is 1. The number of amides is 1. The van der Waals surface area contributed by atoms with Crippen LogP contribution in [0.4, 0.5) is 0 Å². The second kappa shape index (κ2) is 7.00. The summed E-state index contributed by atoms with van der Waals surface area (Å²) in [6.07, 6.45) is 7.57. The first-order chi connectivity index (χ1) is 8.20. The van der Waals surface area contributed by atoms with E-state index in [-0.39, 0.29) is 5.41 Å². The Morgan fingerprint density at radius 3 is 2.35 bits per heavy atom. The number of hydrogen-bond acceptors (Lipinski definition) is 2. The molecule has 17 heavy (non-hydrogen) atoms. The Hall–Kier alpha value is -0.570. The zero-order valence-electron chi connectivity index (χ0n) is 11.5. The Morgan fingerprint density at radius 1 is 1.24 bits per heavy atom. The molecule has 2 N–H and O–H groups in total. The van der Waals surface area contributed by atoms with E-state index in [1.54, 1.807) is 0 Å². The molecule has 1 rings (SSSR count). The zero-order valence-corrected chi connectivity index (χ0v) is 11.5. The average molecular weight is 240 g/mol. The maximum atomic E-state index is 12.7. The van der Waals surface area contributed by atoms with Crippen molar-refractivity contribution in [2.45, 2.75) is 58.8 Å². The molecule has 1 aliphatic rings. The maximum absolute atomic E-state index is 12.7. The topological polar surface area (TPSA) is 46.3 Å². The van der Waals surface area contributed by atoms with E-state index < -0.39 is 0 Å². The van der Waals surface area contributed by atoms with Crippen molar-refractivity contribution in [1.29, 1.82) is 0 Å². The van der Waals surface area contributed by atoms with E-state index in [2.05, 4.69) is 18.7 Å². The van der Waals surface area contributed by atoms with Crippen LogP contribution in [-0.2, 0) is 4.79 Å². The minimum Gasteiger partial charge on any atom is -0.342 e. The van der Waals surface area contributed by atoms with Crippen LogP contribution in [0.15, 0.2) is 0 Å². The molecule has 3 nitrogen and oxygen atoms in total. The van der Waals surface area contributed by atoms with Gasteiger partial charge in [-0.1, -0.05) is 26.7 Å². The predicted molar refractivity (Wildman–Crippen MR) is 71.7 cm³/mol. The second-order valence-corrected chi connectivity index (χ2v) is 5.28. The van der Waals surface area contributed by atoms with E-state index >= 15 is 0 Å². The number of nitrogens with zero attached hydrogens (tertiary/aromatic N) is 1. The van der Waals surface area contributed by atoms with Crippen LogP contribution in [-0.4, -0.2) is 30.4 Å². The molecule has 0 aromatic carbocycles. The molecule has 0 saturated heterocycles. The van der Waals surface area contributed by atoms with Gasteiger partial charge in [-0.25, -0.2) is 0 Å². The van der Waals surface area contributed by atoms with Crippen LogP contribution in [0.1, 0.15) is 58.8 Å². The lowest BCUT2D eigenvalue weighted by molar-refractivity contribution is -0.142. The van der Waals surface area contributed by atoms with Gasteiger partial charge in [0.2, 0.25) is 5.91 Å². The number of rotatable bonds is 7. The third kappa shape index (κ3) is 3.44. The van der Waals surface area contributed by atoms with Crippen LogP contribution in [0.2, 0.25) is 0 Å². The van der Waals surface area contributed by atoms with Gasteiger partial charge in [0.25, 0.3) is 0 Å². The van der Waals surface area contributed by atoms with Crippen molar-refractivity contribution in [3.8, 4) is 0 Å². The molecular weight excluding hydrogens is 212 g/mol. The summed E-state index contributed by atoms with van der Waals surface area (Å²) in [6.45, 7) is 6.70. The molecule has 0 spiro atoms. The molecule has 0 aliphatic heterocycles. The monoisotopic (exact) mass is 240 g/mol. The molecule has 0 atom stereocenters. The summed E-state index contributed by atoms with van der Waals surface area (Å²) >= 11 is 0. The summed E-state index contributed by atoms with van der Waals surface area (Å²) in [5.41, 5.74) is 5.52. The Bertz CT molecular complexity index is 234. The largest absolute Gasteiger partial charge is 0.342 e. The van der Waals surface area contributed by atoms with Crippen LogP contribution >= 0.6 is 0 Å². The lowest BCUT2D eigenvalue weighted by Gasteiger charge is -2.33. The highest BCUT2D eigenvalue weighted by Gasteiger charge is 2.41. The molecule has 1 amide bonds. The third-order valence-electron chi connectivity index (χ3n) is 4.10. The summed E-state index contributed by atoms with van der Waals surface area (Å²) in [7, 11) is 0. The number of nitrogens with two attached hydrogens (primary N) is 1. The van der Waals surface area contributed by atoms with E-state index in [1.165, 1.54) is 12.8 Å². The molecule has 0 bridgehead atoms. The van der Waals surface area contributed by atoms with Gasteiger partial charge < -0.3 is 10.6 Å². The van der Waals surface area contributed by atoms with Crippen molar-refractivity contribution in [2.24, 2.45) is 11.1 Å². The fraction of sp³-hybridized carbons (Fsp3) is 0.929. The third-order valence-corrected chi connectivity index (χ3v) is 4.10. The van der Waals surface area contributed by atoms with Crippen molar-refractivity contribution < 1.29 is 4.79 Å². The zero-order chi connectivity index (χ0) is 12.7. The van der Waals surface area contributed by atoms with Gasteiger partial charge in [-0.3, -0.25) is 4.79 Å². The summed E-state index contributed by atoms with van der Waals surface area (Å²) in [5, 5.41) is 0. The second-order valence-electron chi connectivity index (χ2n) is 5.28. The van der Waals surface area contributed by atoms with Gasteiger partial charge in [-0.2, -0.15) is 0 Å². The summed E-state index contributed by atoms with van der Waals surface area (Å²) in [6, 6.07) is 0. The average Bonchev–Trinajstić information content (AvgIpc) is 2.83. The van der Waals surface area contributed by atoms with E-state index in [4.69, 9.17) is 5.73 Å². The molecule has 3 heteroatoms. The molecule has 100 valence electrons. The van der Waals surface area contributed by atoms with Gasteiger partial charge in [0.15, 0.2) is 0 Å². The smallest absolute Gasteiger partial charge is 0.228 e. The standard InChI is InChI=1S/C14H28N2O/c1-3-11-16(12-7-10-15)13(17)14(4-2)8-5-6-9-14/h3-12,15H2,1-2H3. The van der Waals surface area contributed by atoms with Crippen LogP contribution < -0.4 is 5.73 Å². The van der Waals surface area contributed by atoms with Gasteiger partial charge in [0.1, 0.15) is 0 Å². The summed E-state index contributed by atoms with van der Waals surface area (Å²) in [5.74, 6) is 0.396. The maximum Gasteiger partial charge on any atom is 0.228 e. The first-order valence-electron chi connectivity index (χ1n) is 7.19. The molecule has 0 radical (unpaired) electrons. The highest BCUT2D eigenvalue weighted by Crippen LogP contribution is 2.42. The van der Waals surface area contributed by atoms with Gasteiger partial charge >= 0.3 is 0 Å². The number of carbonyl (C=O) groups excluding carboxylic acids is 1. The fourth-order valence-electron chi connectivity index (χ4n) is 2.97. The fourth-order valence-corrected chi connectivity index (χ4v) is 2.97.